The Labute approximate surface area is 112 Å². The fraction of sp³-hybridized carbons (Fsp3) is 0.833. The number of carbonyl (C=O) groups is 2. The number of nitrogens with zero attached hydrogens (tertiary/aromatic N) is 2. The number of aliphatic hydroxyl groups is 1. The van der Waals surface area contributed by atoms with E-state index in [0.717, 1.165) is 13.1 Å². The molecule has 0 spiro atoms. The fourth-order valence-corrected chi connectivity index (χ4v) is 2.54. The van der Waals surface area contributed by atoms with Crippen molar-refractivity contribution in [3.8, 4) is 0 Å². The van der Waals surface area contributed by atoms with Crippen LogP contribution in [0.5, 0.6) is 0 Å². The monoisotopic (exact) mass is 270 g/mol. The molecule has 0 bridgehead atoms. The molecule has 0 radical (unpaired) electrons. The normalized spacial score (nSPS) is 26.3. The number of aliphatic hydroxyl groups excluding tert-OH is 1. The molecular formula is C12H22N4O3. The van der Waals surface area contributed by atoms with E-state index in [2.05, 4.69) is 10.2 Å². The van der Waals surface area contributed by atoms with Gasteiger partial charge in [-0.05, 0) is 6.42 Å². The van der Waals surface area contributed by atoms with Crippen molar-refractivity contribution in [3.05, 3.63) is 0 Å². The van der Waals surface area contributed by atoms with Crippen molar-refractivity contribution in [3.63, 3.8) is 0 Å². The van der Waals surface area contributed by atoms with E-state index >= 15 is 0 Å². The zero-order valence-electron chi connectivity index (χ0n) is 11.0. The molecule has 7 heteroatoms. The van der Waals surface area contributed by atoms with Gasteiger partial charge in [0.2, 0.25) is 11.8 Å². The molecule has 108 valence electrons. The Kier molecular flexibility index (Phi) is 4.73. The molecule has 19 heavy (non-hydrogen) atoms. The summed E-state index contributed by atoms with van der Waals surface area (Å²) in [5.74, 6) is -0.0204. The van der Waals surface area contributed by atoms with E-state index < -0.39 is 6.10 Å². The van der Waals surface area contributed by atoms with Crippen molar-refractivity contribution in [2.24, 2.45) is 5.73 Å². The number of hydrogen-bond donors (Lipinski definition) is 3. The minimum atomic E-state index is -0.503. The molecule has 2 aliphatic rings. The Bertz CT molecular complexity index is 342. The van der Waals surface area contributed by atoms with E-state index in [1.54, 1.807) is 4.90 Å². The maximum atomic E-state index is 12.2. The number of amides is 2. The summed E-state index contributed by atoms with van der Waals surface area (Å²) in [6.45, 7) is 3.57. The molecule has 2 saturated heterocycles. The van der Waals surface area contributed by atoms with E-state index in [1.165, 1.54) is 0 Å². The van der Waals surface area contributed by atoms with Gasteiger partial charge in [-0.1, -0.05) is 0 Å². The van der Waals surface area contributed by atoms with Gasteiger partial charge in [-0.25, -0.2) is 0 Å². The van der Waals surface area contributed by atoms with Crippen LogP contribution in [-0.4, -0.2) is 78.1 Å². The third kappa shape index (κ3) is 3.65. The number of hydrogen-bond acceptors (Lipinski definition) is 5. The standard InChI is InChI=1S/C12H22N4O3/c13-7-9(17)8-15-3-5-16(6-4-15)12(19)10-1-2-11(18)14-10/h9-10,17H,1-8,13H2,(H,14,18). The van der Waals surface area contributed by atoms with Crippen LogP contribution >= 0.6 is 0 Å². The molecule has 0 aromatic rings. The lowest BCUT2D eigenvalue weighted by Gasteiger charge is -2.36. The summed E-state index contributed by atoms with van der Waals surface area (Å²) < 4.78 is 0. The molecule has 0 aliphatic carbocycles. The third-order valence-electron chi connectivity index (χ3n) is 3.72. The predicted octanol–water partition coefficient (Wildman–Crippen LogP) is -2.27. The van der Waals surface area contributed by atoms with Crippen LogP contribution in [0.3, 0.4) is 0 Å². The van der Waals surface area contributed by atoms with Gasteiger partial charge < -0.3 is 21.1 Å². The molecule has 2 aliphatic heterocycles. The number of carbonyl (C=O) groups excluding carboxylic acids is 2. The van der Waals surface area contributed by atoms with Crippen molar-refractivity contribution in [1.82, 2.24) is 15.1 Å². The quantitative estimate of drug-likeness (QED) is 0.535. The molecule has 0 saturated carbocycles. The lowest BCUT2D eigenvalue weighted by Crippen LogP contribution is -2.54. The van der Waals surface area contributed by atoms with Gasteiger partial charge in [0, 0.05) is 45.7 Å². The number of β-amino-alcohol motifs (C(OH)–C–C–N with tert-alkyl or cyclic N) is 1. The van der Waals surface area contributed by atoms with Crippen LogP contribution in [0.1, 0.15) is 12.8 Å². The van der Waals surface area contributed by atoms with Gasteiger partial charge >= 0.3 is 0 Å². The highest BCUT2D eigenvalue weighted by Gasteiger charge is 2.32. The zero-order valence-corrected chi connectivity index (χ0v) is 11.0. The second-order valence-corrected chi connectivity index (χ2v) is 5.17. The highest BCUT2D eigenvalue weighted by atomic mass is 16.3. The predicted molar refractivity (Wildman–Crippen MR) is 69.2 cm³/mol. The summed E-state index contributed by atoms with van der Waals surface area (Å²) in [7, 11) is 0. The summed E-state index contributed by atoms with van der Waals surface area (Å²) in [4.78, 5) is 27.2. The van der Waals surface area contributed by atoms with Crippen LogP contribution in [0.4, 0.5) is 0 Å². The number of piperazine rings is 1. The Morgan fingerprint density at radius 1 is 1.42 bits per heavy atom. The van der Waals surface area contributed by atoms with Gasteiger partial charge in [0.15, 0.2) is 0 Å². The van der Waals surface area contributed by atoms with E-state index in [1.807, 2.05) is 0 Å². The van der Waals surface area contributed by atoms with Gasteiger partial charge in [-0.3, -0.25) is 14.5 Å². The van der Waals surface area contributed by atoms with Crippen LogP contribution in [0.25, 0.3) is 0 Å². The maximum absolute atomic E-state index is 12.2. The summed E-state index contributed by atoms with van der Waals surface area (Å²) in [5, 5.41) is 12.2. The van der Waals surface area contributed by atoms with Gasteiger partial charge in [0.1, 0.15) is 6.04 Å². The van der Waals surface area contributed by atoms with E-state index in [9.17, 15) is 14.7 Å². The summed E-state index contributed by atoms with van der Waals surface area (Å²) >= 11 is 0. The molecule has 0 aromatic carbocycles. The summed E-state index contributed by atoms with van der Waals surface area (Å²) in [6.07, 6.45) is 0.541. The average Bonchev–Trinajstić information content (AvgIpc) is 2.85. The molecule has 7 nitrogen and oxygen atoms in total. The Morgan fingerprint density at radius 3 is 2.63 bits per heavy atom. The second kappa shape index (κ2) is 6.31. The van der Waals surface area contributed by atoms with Crippen LogP contribution in [0.15, 0.2) is 0 Å². The lowest BCUT2D eigenvalue weighted by atomic mass is 10.2. The third-order valence-corrected chi connectivity index (χ3v) is 3.72. The molecule has 2 unspecified atom stereocenters. The van der Waals surface area contributed by atoms with Crippen LogP contribution in [0, 0.1) is 0 Å². The van der Waals surface area contributed by atoms with Gasteiger partial charge in [-0.15, -0.1) is 0 Å². The maximum Gasteiger partial charge on any atom is 0.245 e. The molecule has 2 heterocycles. The van der Waals surface area contributed by atoms with Gasteiger partial charge in [0.05, 0.1) is 6.10 Å². The highest BCUT2D eigenvalue weighted by molar-refractivity contribution is 5.90. The zero-order chi connectivity index (χ0) is 13.8. The molecule has 2 atom stereocenters. The molecular weight excluding hydrogens is 248 g/mol. The Balaban J connectivity index is 1.76. The van der Waals surface area contributed by atoms with Crippen molar-refractivity contribution in [2.45, 2.75) is 25.0 Å². The second-order valence-electron chi connectivity index (χ2n) is 5.17. The summed E-state index contributed by atoms with van der Waals surface area (Å²) in [5.41, 5.74) is 5.38. The first-order valence-electron chi connectivity index (χ1n) is 6.79. The molecule has 4 N–H and O–H groups in total. The first-order chi connectivity index (χ1) is 9.10. The minimum Gasteiger partial charge on any atom is -0.390 e. The number of rotatable bonds is 4. The van der Waals surface area contributed by atoms with Crippen LogP contribution in [-0.2, 0) is 9.59 Å². The van der Waals surface area contributed by atoms with E-state index in [-0.39, 0.29) is 24.4 Å². The topological polar surface area (TPSA) is 98.9 Å². The SMILES string of the molecule is NCC(O)CN1CCN(C(=O)C2CCC(=O)N2)CC1. The smallest absolute Gasteiger partial charge is 0.245 e. The van der Waals surface area contributed by atoms with Crippen molar-refractivity contribution in [2.75, 3.05) is 39.3 Å². The van der Waals surface area contributed by atoms with Crippen molar-refractivity contribution in [1.29, 1.82) is 0 Å². The van der Waals surface area contributed by atoms with Crippen LogP contribution < -0.4 is 11.1 Å². The van der Waals surface area contributed by atoms with Gasteiger partial charge in [0.25, 0.3) is 0 Å². The van der Waals surface area contributed by atoms with Crippen LogP contribution in [0.2, 0.25) is 0 Å². The molecule has 0 aromatic heterocycles. The van der Waals surface area contributed by atoms with Crippen molar-refractivity contribution >= 4 is 11.8 Å². The number of nitrogens with one attached hydrogen (secondary N) is 1. The number of nitrogens with two attached hydrogens (primary N) is 1. The Morgan fingerprint density at radius 2 is 2.11 bits per heavy atom. The van der Waals surface area contributed by atoms with Gasteiger partial charge in [-0.2, -0.15) is 0 Å². The summed E-state index contributed by atoms with van der Waals surface area (Å²) in [6, 6.07) is -0.339. The average molecular weight is 270 g/mol. The van der Waals surface area contributed by atoms with Crippen molar-refractivity contribution < 1.29 is 14.7 Å². The highest BCUT2D eigenvalue weighted by Crippen LogP contribution is 2.12. The fourth-order valence-electron chi connectivity index (χ4n) is 2.54. The molecule has 2 amide bonds. The van der Waals surface area contributed by atoms with E-state index in [4.69, 9.17) is 5.73 Å². The Hall–Kier alpha value is -1.18. The first-order valence-corrected chi connectivity index (χ1v) is 6.79. The van der Waals surface area contributed by atoms with E-state index in [0.29, 0.717) is 32.5 Å². The lowest BCUT2D eigenvalue weighted by molar-refractivity contribution is -0.136. The molecule has 2 fully saturated rings. The minimum absolute atomic E-state index is 0.0184. The molecule has 2 rings (SSSR count). The first kappa shape index (κ1) is 14.2. The largest absolute Gasteiger partial charge is 0.390 e.